The first-order valence-corrected chi connectivity index (χ1v) is 8.70. The molecule has 3 heteroatoms. The number of nitrogens with zero attached hydrogens (tertiary/aromatic N) is 1. The first-order valence-electron chi connectivity index (χ1n) is 8.70. The van der Waals surface area contributed by atoms with Gasteiger partial charge in [0, 0.05) is 18.6 Å². The van der Waals surface area contributed by atoms with Crippen LogP contribution in [0.1, 0.15) is 36.0 Å². The van der Waals surface area contributed by atoms with Gasteiger partial charge in [-0.05, 0) is 55.7 Å². The number of methoxy groups -OCH3 is 1. The second-order valence-corrected chi connectivity index (χ2v) is 7.42. The number of piperidine rings is 3. The van der Waals surface area contributed by atoms with Crippen LogP contribution in [0.5, 0.6) is 0 Å². The summed E-state index contributed by atoms with van der Waals surface area (Å²) in [7, 11) is 1.53. The van der Waals surface area contributed by atoms with E-state index in [1.807, 2.05) is 0 Å². The van der Waals surface area contributed by atoms with E-state index in [4.69, 9.17) is 4.74 Å². The lowest BCUT2D eigenvalue weighted by molar-refractivity contribution is -0.153. The highest BCUT2D eigenvalue weighted by Gasteiger charge is 2.55. The summed E-state index contributed by atoms with van der Waals surface area (Å²) in [5, 5.41) is 0. The van der Waals surface area contributed by atoms with Gasteiger partial charge in [-0.25, -0.2) is 0 Å². The van der Waals surface area contributed by atoms with Gasteiger partial charge in [-0.3, -0.25) is 9.69 Å². The standard InChI is InChI=1S/C20H25NO2/c1-12-4-5-14(8-13(12)2)9-15-11-21-16-6-7-18(21)19(17(15)10-16)20(22)23-3/h4-5,8-9,16-19H,6-7,10-11H2,1-3H3/b15-9+. The van der Waals surface area contributed by atoms with E-state index in [9.17, 15) is 4.79 Å². The number of ether oxygens (including phenoxy) is 1. The van der Waals surface area contributed by atoms with Crippen molar-refractivity contribution in [3.8, 4) is 0 Å². The Morgan fingerprint density at radius 1 is 1.26 bits per heavy atom. The monoisotopic (exact) mass is 311 g/mol. The van der Waals surface area contributed by atoms with Crippen molar-refractivity contribution in [3.63, 3.8) is 0 Å². The fraction of sp³-hybridized carbons (Fsp3) is 0.550. The van der Waals surface area contributed by atoms with Gasteiger partial charge in [0.2, 0.25) is 0 Å². The highest BCUT2D eigenvalue weighted by molar-refractivity contribution is 5.76. The maximum Gasteiger partial charge on any atom is 0.310 e. The lowest BCUT2D eigenvalue weighted by atomic mass is 9.71. The van der Waals surface area contributed by atoms with E-state index in [1.165, 1.54) is 35.8 Å². The first-order chi connectivity index (χ1) is 11.1. The van der Waals surface area contributed by atoms with Crippen molar-refractivity contribution in [2.24, 2.45) is 11.8 Å². The number of fused-ring (bicyclic) bond motifs is 1. The summed E-state index contributed by atoms with van der Waals surface area (Å²) in [6.07, 6.45) is 5.83. The summed E-state index contributed by atoms with van der Waals surface area (Å²) in [6.45, 7) is 5.33. The van der Waals surface area contributed by atoms with Crippen LogP contribution in [0.25, 0.3) is 6.08 Å². The number of hydrogen-bond acceptors (Lipinski definition) is 3. The van der Waals surface area contributed by atoms with Gasteiger partial charge in [-0.2, -0.15) is 0 Å². The van der Waals surface area contributed by atoms with Crippen molar-refractivity contribution in [1.82, 2.24) is 4.90 Å². The molecular weight excluding hydrogens is 286 g/mol. The van der Waals surface area contributed by atoms with Crippen LogP contribution in [0, 0.1) is 25.7 Å². The van der Waals surface area contributed by atoms with Crippen molar-refractivity contribution in [2.75, 3.05) is 13.7 Å². The third-order valence-electron chi connectivity index (χ3n) is 6.26. The SMILES string of the molecule is COC(=O)C1C2CC3CCC1N3C/C2=C\c1ccc(C)c(C)c1. The van der Waals surface area contributed by atoms with Crippen molar-refractivity contribution in [3.05, 3.63) is 40.5 Å². The number of carbonyl (C=O) groups is 1. The normalized spacial score (nSPS) is 36.5. The van der Waals surface area contributed by atoms with E-state index in [1.54, 1.807) is 0 Å². The fourth-order valence-electron chi connectivity index (χ4n) is 4.95. The molecule has 5 unspecified atom stereocenters. The zero-order chi connectivity index (χ0) is 16.1. The Bertz CT molecular complexity index is 678. The van der Waals surface area contributed by atoms with E-state index in [2.05, 4.69) is 43.0 Å². The summed E-state index contributed by atoms with van der Waals surface area (Å²) < 4.78 is 5.13. The van der Waals surface area contributed by atoms with Gasteiger partial charge in [0.15, 0.2) is 0 Å². The number of rotatable bonds is 2. The van der Waals surface area contributed by atoms with Crippen LogP contribution in [0.2, 0.25) is 0 Å². The van der Waals surface area contributed by atoms with E-state index < -0.39 is 0 Å². The molecule has 0 saturated carbocycles. The molecule has 1 aromatic rings. The number of benzene rings is 1. The molecule has 0 radical (unpaired) electrons. The molecule has 5 atom stereocenters. The second kappa shape index (κ2) is 5.48. The summed E-state index contributed by atoms with van der Waals surface area (Å²) in [4.78, 5) is 14.9. The molecule has 4 aliphatic heterocycles. The third-order valence-corrected chi connectivity index (χ3v) is 6.26. The van der Waals surface area contributed by atoms with Gasteiger partial charge >= 0.3 is 5.97 Å². The molecule has 23 heavy (non-hydrogen) atoms. The zero-order valence-corrected chi connectivity index (χ0v) is 14.2. The number of aryl methyl sites for hydroxylation is 2. The Morgan fingerprint density at radius 2 is 2.09 bits per heavy atom. The average molecular weight is 311 g/mol. The molecule has 4 bridgehead atoms. The van der Waals surface area contributed by atoms with Crippen molar-refractivity contribution < 1.29 is 9.53 Å². The Hall–Kier alpha value is -1.61. The van der Waals surface area contributed by atoms with Crippen LogP contribution in [-0.4, -0.2) is 36.6 Å². The smallest absolute Gasteiger partial charge is 0.310 e. The van der Waals surface area contributed by atoms with Gasteiger partial charge < -0.3 is 4.74 Å². The van der Waals surface area contributed by atoms with Crippen LogP contribution >= 0.6 is 0 Å². The molecule has 4 fully saturated rings. The molecule has 1 aromatic carbocycles. The van der Waals surface area contributed by atoms with Crippen LogP contribution < -0.4 is 0 Å². The summed E-state index contributed by atoms with van der Waals surface area (Å²) >= 11 is 0. The molecule has 4 aliphatic rings. The minimum atomic E-state index is -0.0176. The minimum Gasteiger partial charge on any atom is -0.469 e. The van der Waals surface area contributed by atoms with Crippen LogP contribution in [0.15, 0.2) is 23.8 Å². The van der Waals surface area contributed by atoms with Gasteiger partial charge in [0.05, 0.1) is 13.0 Å². The fourth-order valence-corrected chi connectivity index (χ4v) is 4.95. The molecule has 5 rings (SSSR count). The van der Waals surface area contributed by atoms with E-state index >= 15 is 0 Å². The van der Waals surface area contributed by atoms with Crippen LogP contribution in [-0.2, 0) is 9.53 Å². The minimum absolute atomic E-state index is 0.0176. The lowest BCUT2D eigenvalue weighted by Gasteiger charge is -2.50. The topological polar surface area (TPSA) is 29.5 Å². The van der Waals surface area contributed by atoms with E-state index in [-0.39, 0.29) is 11.9 Å². The first kappa shape index (κ1) is 14.9. The quantitative estimate of drug-likeness (QED) is 0.785. The number of carbonyl (C=O) groups excluding carboxylic acids is 1. The number of esters is 1. The highest BCUT2D eigenvalue weighted by atomic mass is 16.5. The van der Waals surface area contributed by atoms with Crippen molar-refractivity contribution >= 4 is 12.0 Å². The van der Waals surface area contributed by atoms with E-state index in [0.717, 1.165) is 19.4 Å². The van der Waals surface area contributed by atoms with Gasteiger partial charge in [0.1, 0.15) is 0 Å². The predicted octanol–water partition coefficient (Wildman–Crippen LogP) is 3.34. The maximum absolute atomic E-state index is 12.4. The van der Waals surface area contributed by atoms with Crippen molar-refractivity contribution in [1.29, 1.82) is 0 Å². The molecule has 4 saturated heterocycles. The average Bonchev–Trinajstić information content (AvgIpc) is 2.85. The Balaban J connectivity index is 1.69. The maximum atomic E-state index is 12.4. The summed E-state index contributed by atoms with van der Waals surface area (Å²) in [5.74, 6) is 0.382. The number of hydrogen-bond donors (Lipinski definition) is 0. The molecule has 0 N–H and O–H groups in total. The molecule has 3 nitrogen and oxygen atoms in total. The molecule has 0 aliphatic carbocycles. The summed E-state index contributed by atoms with van der Waals surface area (Å²) in [5.41, 5.74) is 5.32. The van der Waals surface area contributed by atoms with E-state index in [0.29, 0.717) is 18.0 Å². The molecular formula is C20H25NO2. The Morgan fingerprint density at radius 3 is 2.83 bits per heavy atom. The Labute approximate surface area is 138 Å². The van der Waals surface area contributed by atoms with Crippen LogP contribution in [0.4, 0.5) is 0 Å². The zero-order valence-electron chi connectivity index (χ0n) is 14.2. The van der Waals surface area contributed by atoms with Gasteiger partial charge in [0.25, 0.3) is 0 Å². The molecule has 0 spiro atoms. The predicted molar refractivity (Wildman–Crippen MR) is 91.0 cm³/mol. The molecule has 122 valence electrons. The van der Waals surface area contributed by atoms with Crippen LogP contribution in [0.3, 0.4) is 0 Å². The molecule has 0 amide bonds. The van der Waals surface area contributed by atoms with Crippen molar-refractivity contribution in [2.45, 2.75) is 45.2 Å². The molecule has 4 heterocycles. The largest absolute Gasteiger partial charge is 0.469 e. The lowest BCUT2D eigenvalue weighted by Crippen LogP contribution is -2.58. The van der Waals surface area contributed by atoms with Gasteiger partial charge in [-0.1, -0.05) is 29.8 Å². The second-order valence-electron chi connectivity index (χ2n) is 7.42. The third kappa shape index (κ3) is 2.33. The highest BCUT2D eigenvalue weighted by Crippen LogP contribution is 2.50. The van der Waals surface area contributed by atoms with Gasteiger partial charge in [-0.15, -0.1) is 0 Å². The molecule has 0 aromatic heterocycles. The Kier molecular flexibility index (Phi) is 3.56. The summed E-state index contributed by atoms with van der Waals surface area (Å²) in [6, 6.07) is 7.71.